The van der Waals surface area contributed by atoms with Crippen molar-refractivity contribution in [2.75, 3.05) is 20.3 Å². The highest BCUT2D eigenvalue weighted by atomic mass is 19.1. The van der Waals surface area contributed by atoms with E-state index in [0.717, 1.165) is 0 Å². The topological polar surface area (TPSA) is 38.7 Å². The van der Waals surface area contributed by atoms with Crippen molar-refractivity contribution in [2.45, 2.75) is 19.4 Å². The van der Waals surface area contributed by atoms with Gasteiger partial charge in [0, 0.05) is 19.6 Å². The third-order valence-corrected chi connectivity index (χ3v) is 2.14. The maximum Gasteiger partial charge on any atom is 0.142 e. The molecule has 0 aliphatic carbocycles. The maximum absolute atomic E-state index is 13.6. The van der Waals surface area contributed by atoms with E-state index in [1.807, 2.05) is 6.92 Å². The Balaban J connectivity index is 2.71. The number of hydrogen-bond donors (Lipinski definition) is 1. The van der Waals surface area contributed by atoms with E-state index in [1.54, 1.807) is 19.2 Å². The van der Waals surface area contributed by atoms with Gasteiger partial charge in [-0.3, -0.25) is 0 Å². The van der Waals surface area contributed by atoms with Crippen LogP contribution in [0.15, 0.2) is 18.2 Å². The van der Waals surface area contributed by atoms with Gasteiger partial charge in [-0.2, -0.15) is 0 Å². The molecule has 0 spiro atoms. The Morgan fingerprint density at radius 2 is 2.22 bits per heavy atom. The van der Waals surface area contributed by atoms with E-state index in [-0.39, 0.29) is 12.7 Å². The first-order valence-corrected chi connectivity index (χ1v) is 5.72. The average Bonchev–Trinajstić information content (AvgIpc) is 2.32. The molecule has 18 heavy (non-hydrogen) atoms. The smallest absolute Gasteiger partial charge is 0.142 e. The lowest BCUT2D eigenvalue weighted by Crippen LogP contribution is -2.17. The minimum Gasteiger partial charge on any atom is -0.488 e. The summed E-state index contributed by atoms with van der Waals surface area (Å²) in [7, 11) is 1.58. The van der Waals surface area contributed by atoms with Crippen LogP contribution >= 0.6 is 0 Å². The molecule has 0 saturated carbocycles. The number of rotatable bonds is 5. The van der Waals surface area contributed by atoms with Crippen LogP contribution in [0.5, 0.6) is 5.75 Å². The summed E-state index contributed by atoms with van der Waals surface area (Å²) in [6, 6.07) is 4.53. The monoisotopic (exact) mass is 252 g/mol. The van der Waals surface area contributed by atoms with Gasteiger partial charge in [-0.15, -0.1) is 0 Å². The molecule has 1 N–H and O–H groups in total. The van der Waals surface area contributed by atoms with Crippen molar-refractivity contribution in [2.24, 2.45) is 0 Å². The normalized spacial score (nSPS) is 11.6. The van der Waals surface area contributed by atoms with Crippen LogP contribution in [0.3, 0.4) is 0 Å². The second-order valence-corrected chi connectivity index (χ2v) is 3.80. The highest BCUT2D eigenvalue weighted by molar-refractivity contribution is 5.39. The van der Waals surface area contributed by atoms with Crippen LogP contribution in [-0.2, 0) is 4.74 Å². The van der Waals surface area contributed by atoms with Gasteiger partial charge in [-0.05, 0) is 19.1 Å². The van der Waals surface area contributed by atoms with Crippen LogP contribution in [0.1, 0.15) is 18.9 Å². The molecule has 0 fully saturated rings. The zero-order valence-electron chi connectivity index (χ0n) is 10.6. The van der Waals surface area contributed by atoms with Crippen LogP contribution in [0.2, 0.25) is 0 Å². The summed E-state index contributed by atoms with van der Waals surface area (Å²) in [6.45, 7) is 2.26. The summed E-state index contributed by atoms with van der Waals surface area (Å²) in [5, 5.41) is 8.58. The molecular formula is C14H17FO3. The summed E-state index contributed by atoms with van der Waals surface area (Å²) < 4.78 is 24.0. The van der Waals surface area contributed by atoms with E-state index < -0.39 is 5.82 Å². The molecule has 0 radical (unpaired) electrons. The van der Waals surface area contributed by atoms with E-state index in [2.05, 4.69) is 11.8 Å². The van der Waals surface area contributed by atoms with E-state index in [1.165, 1.54) is 6.07 Å². The van der Waals surface area contributed by atoms with Gasteiger partial charge in [-0.25, -0.2) is 4.39 Å². The Morgan fingerprint density at radius 3 is 2.83 bits per heavy atom. The maximum atomic E-state index is 13.6. The lowest BCUT2D eigenvalue weighted by molar-refractivity contribution is 0.0918. The van der Waals surface area contributed by atoms with Crippen molar-refractivity contribution < 1.29 is 19.0 Å². The van der Waals surface area contributed by atoms with Gasteiger partial charge in [0.2, 0.25) is 0 Å². The molecule has 1 aromatic carbocycles. The first-order chi connectivity index (χ1) is 8.67. The molecule has 4 heteroatoms. The molecule has 1 unspecified atom stereocenters. The largest absolute Gasteiger partial charge is 0.488 e. The van der Waals surface area contributed by atoms with Gasteiger partial charge in [0.1, 0.15) is 17.7 Å². The first kappa shape index (κ1) is 14.5. The minimum atomic E-state index is -0.428. The zero-order valence-corrected chi connectivity index (χ0v) is 10.6. The molecule has 0 aliphatic heterocycles. The molecule has 0 saturated heterocycles. The fourth-order valence-electron chi connectivity index (χ4n) is 1.39. The van der Waals surface area contributed by atoms with Gasteiger partial charge in [0.25, 0.3) is 0 Å². The Kier molecular flexibility index (Phi) is 6.20. The fraction of sp³-hybridized carbons (Fsp3) is 0.429. The summed E-state index contributed by atoms with van der Waals surface area (Å²) >= 11 is 0. The minimum absolute atomic E-state index is 0.0235. The molecule has 0 aromatic heterocycles. The van der Waals surface area contributed by atoms with Crippen molar-refractivity contribution >= 4 is 0 Å². The van der Waals surface area contributed by atoms with Crippen molar-refractivity contribution in [3.05, 3.63) is 29.6 Å². The van der Waals surface area contributed by atoms with Crippen molar-refractivity contribution in [1.29, 1.82) is 0 Å². The summed E-state index contributed by atoms with van der Waals surface area (Å²) in [5.41, 5.74) is 0.301. The molecule has 1 atom stereocenters. The molecule has 0 heterocycles. The summed E-state index contributed by atoms with van der Waals surface area (Å²) in [6.07, 6.45) is 0.198. The van der Waals surface area contributed by atoms with Crippen LogP contribution in [0, 0.1) is 17.7 Å². The molecule has 0 bridgehead atoms. The van der Waals surface area contributed by atoms with Gasteiger partial charge >= 0.3 is 0 Å². The summed E-state index contributed by atoms with van der Waals surface area (Å²) in [4.78, 5) is 0. The second-order valence-electron chi connectivity index (χ2n) is 3.80. The lowest BCUT2D eigenvalue weighted by Gasteiger charge is -2.13. The van der Waals surface area contributed by atoms with Crippen LogP contribution in [-0.4, -0.2) is 31.5 Å². The zero-order chi connectivity index (χ0) is 13.4. The number of aliphatic hydroxyl groups is 1. The third kappa shape index (κ3) is 4.74. The number of ether oxygens (including phenoxy) is 2. The average molecular weight is 252 g/mol. The SMILES string of the molecule is COCC(C)Oc1ccc(C#CCCO)c(F)c1. The molecule has 3 nitrogen and oxygen atoms in total. The Bertz CT molecular complexity index is 434. The molecule has 98 valence electrons. The molecule has 0 amide bonds. The van der Waals surface area contributed by atoms with Gasteiger partial charge < -0.3 is 14.6 Å². The number of hydrogen-bond acceptors (Lipinski definition) is 3. The number of halogens is 1. The van der Waals surface area contributed by atoms with E-state index in [0.29, 0.717) is 24.3 Å². The molecule has 0 aliphatic rings. The molecule has 1 aromatic rings. The quantitative estimate of drug-likeness (QED) is 0.814. The Labute approximate surface area is 107 Å². The van der Waals surface area contributed by atoms with Crippen molar-refractivity contribution in [1.82, 2.24) is 0 Å². The Morgan fingerprint density at radius 1 is 1.44 bits per heavy atom. The standard InChI is InChI=1S/C14H17FO3/c1-11(10-17-2)18-13-7-6-12(14(15)9-13)5-3-4-8-16/h6-7,9,11,16H,4,8,10H2,1-2H3. The molecule has 1 rings (SSSR count). The second kappa shape index (κ2) is 7.70. The van der Waals surface area contributed by atoms with Crippen molar-refractivity contribution in [3.8, 4) is 17.6 Å². The third-order valence-electron chi connectivity index (χ3n) is 2.14. The number of methoxy groups -OCH3 is 1. The number of benzene rings is 1. The highest BCUT2D eigenvalue weighted by Gasteiger charge is 2.06. The number of aliphatic hydroxyl groups excluding tert-OH is 1. The van der Waals surface area contributed by atoms with Gasteiger partial charge in [-0.1, -0.05) is 11.8 Å². The molecular weight excluding hydrogens is 235 g/mol. The van der Waals surface area contributed by atoms with Gasteiger partial charge in [0.05, 0.1) is 18.8 Å². The Hall–Kier alpha value is -1.57. The van der Waals surface area contributed by atoms with E-state index in [4.69, 9.17) is 14.6 Å². The van der Waals surface area contributed by atoms with E-state index >= 15 is 0 Å². The first-order valence-electron chi connectivity index (χ1n) is 5.72. The van der Waals surface area contributed by atoms with Crippen LogP contribution < -0.4 is 4.74 Å². The predicted octanol–water partition coefficient (Wildman–Crippen LogP) is 1.97. The van der Waals surface area contributed by atoms with Crippen molar-refractivity contribution in [3.63, 3.8) is 0 Å². The fourth-order valence-corrected chi connectivity index (χ4v) is 1.39. The highest BCUT2D eigenvalue weighted by Crippen LogP contribution is 2.17. The van der Waals surface area contributed by atoms with Crippen LogP contribution in [0.25, 0.3) is 0 Å². The van der Waals surface area contributed by atoms with Crippen LogP contribution in [0.4, 0.5) is 4.39 Å². The lowest BCUT2D eigenvalue weighted by atomic mass is 10.2. The van der Waals surface area contributed by atoms with Gasteiger partial charge in [0.15, 0.2) is 0 Å². The predicted molar refractivity (Wildman–Crippen MR) is 66.9 cm³/mol. The van der Waals surface area contributed by atoms with E-state index in [9.17, 15) is 4.39 Å². The summed E-state index contributed by atoms with van der Waals surface area (Å²) in [5.74, 6) is 5.35.